The second-order valence-corrected chi connectivity index (χ2v) is 9.26. The van der Waals surface area contributed by atoms with Crippen LogP contribution >= 0.6 is 0 Å². The number of carboxylic acids is 1. The lowest BCUT2D eigenvalue weighted by molar-refractivity contribution is -0.192. The first-order valence-electron chi connectivity index (χ1n) is 12.0. The highest BCUT2D eigenvalue weighted by atomic mass is 19.4. The zero-order chi connectivity index (χ0) is 32.1. The molecule has 0 fully saturated rings. The van der Waals surface area contributed by atoms with E-state index >= 15 is 0 Å². The van der Waals surface area contributed by atoms with Gasteiger partial charge in [-0.15, -0.1) is 5.10 Å². The summed E-state index contributed by atoms with van der Waals surface area (Å²) < 4.78 is 62.5. The smallest absolute Gasteiger partial charge is 0.483 e. The van der Waals surface area contributed by atoms with E-state index in [1.165, 1.54) is 5.56 Å². The van der Waals surface area contributed by atoms with E-state index in [9.17, 15) is 31.1 Å². The third-order valence-corrected chi connectivity index (χ3v) is 5.19. The van der Waals surface area contributed by atoms with Crippen molar-refractivity contribution >= 4 is 35.6 Å². The van der Waals surface area contributed by atoms with Crippen LogP contribution in [0.1, 0.15) is 43.1 Å². The predicted octanol–water partition coefficient (Wildman–Crippen LogP) is 5.56. The molecule has 0 saturated heterocycles. The van der Waals surface area contributed by atoms with Gasteiger partial charge in [0.05, 0.1) is 6.20 Å². The van der Waals surface area contributed by atoms with E-state index in [4.69, 9.17) is 19.8 Å². The molecule has 0 spiro atoms. The maximum atomic E-state index is 12.6. The minimum Gasteiger partial charge on any atom is -0.483 e. The third-order valence-electron chi connectivity index (χ3n) is 5.19. The molecule has 230 valence electrons. The molecule has 1 amide bonds. The molecular formula is C26H29F6N5O5. The first kappa shape index (κ1) is 35.4. The highest BCUT2D eigenvalue weighted by Gasteiger charge is 2.38. The molecule has 0 unspecified atom stereocenters. The summed E-state index contributed by atoms with van der Waals surface area (Å²) in [6.45, 7) is 4.36. The van der Waals surface area contributed by atoms with E-state index in [2.05, 4.69) is 53.2 Å². The van der Waals surface area contributed by atoms with E-state index in [0.29, 0.717) is 17.0 Å². The number of rotatable bonds is 3. The second-order valence-electron chi connectivity index (χ2n) is 9.26. The van der Waals surface area contributed by atoms with Gasteiger partial charge in [0.1, 0.15) is 5.82 Å². The van der Waals surface area contributed by atoms with Crippen LogP contribution in [0, 0.1) is 0 Å². The van der Waals surface area contributed by atoms with Gasteiger partial charge in [-0.3, -0.25) is 9.59 Å². The molecule has 0 bridgehead atoms. The number of carbonyl (C=O) groups is 3. The molecule has 10 nitrogen and oxygen atoms in total. The van der Waals surface area contributed by atoms with Crippen LogP contribution in [0.5, 0.6) is 0 Å². The number of hydrogen-bond donors (Lipinski definition) is 3. The number of anilines is 2. The minimum absolute atomic E-state index is 0.0597. The van der Waals surface area contributed by atoms with Crippen molar-refractivity contribution in [1.82, 2.24) is 14.6 Å². The molecule has 1 aliphatic rings. The Hall–Kier alpha value is -4.63. The van der Waals surface area contributed by atoms with Gasteiger partial charge in [-0.25, -0.2) is 14.3 Å². The summed E-state index contributed by atoms with van der Waals surface area (Å²) in [6.07, 6.45) is 2.03. The number of aromatic nitrogens is 3. The van der Waals surface area contributed by atoms with Crippen molar-refractivity contribution in [2.24, 2.45) is 0 Å². The Morgan fingerprint density at radius 1 is 1.02 bits per heavy atom. The minimum atomic E-state index is -5.08. The Morgan fingerprint density at radius 3 is 2.02 bits per heavy atom. The van der Waals surface area contributed by atoms with E-state index in [1.807, 2.05) is 36.4 Å². The molecule has 0 saturated carbocycles. The van der Waals surface area contributed by atoms with E-state index in [-0.39, 0.29) is 17.8 Å². The number of aliphatic carboxylic acids is 1. The number of carboxylic acid groups (broad SMARTS) is 2. The van der Waals surface area contributed by atoms with Crippen molar-refractivity contribution in [3.63, 3.8) is 0 Å². The highest BCUT2D eigenvalue weighted by Crippen LogP contribution is 2.23. The topological polar surface area (TPSA) is 137 Å². The van der Waals surface area contributed by atoms with Crippen LogP contribution in [0.15, 0.2) is 54.7 Å². The first-order valence-corrected chi connectivity index (χ1v) is 12.0. The highest BCUT2D eigenvalue weighted by molar-refractivity contribution is 6.03. The summed E-state index contributed by atoms with van der Waals surface area (Å²) in [5.74, 6) is -1.53. The zero-order valence-electron chi connectivity index (χ0n) is 22.6. The number of alkyl halides is 6. The molecule has 3 N–H and O–H groups in total. The Labute approximate surface area is 236 Å². The monoisotopic (exact) mass is 605 g/mol. The van der Waals surface area contributed by atoms with Crippen molar-refractivity contribution in [3.8, 4) is 0 Å². The average Bonchev–Trinajstić information content (AvgIpc) is 3.30. The van der Waals surface area contributed by atoms with Crippen molar-refractivity contribution < 1.29 is 50.9 Å². The molecule has 3 aromatic rings. The Morgan fingerprint density at radius 2 is 1.57 bits per heavy atom. The number of nitrogens with zero attached hydrogens (tertiary/aromatic N) is 4. The Kier molecular flexibility index (Phi) is 13.5. The van der Waals surface area contributed by atoms with Gasteiger partial charge in [-0.2, -0.15) is 26.3 Å². The largest absolute Gasteiger partial charge is 0.490 e. The fourth-order valence-corrected chi connectivity index (χ4v) is 3.26. The van der Waals surface area contributed by atoms with Crippen molar-refractivity contribution in [3.05, 3.63) is 65.9 Å². The van der Waals surface area contributed by atoms with Crippen LogP contribution in [0.25, 0.3) is 5.65 Å². The van der Waals surface area contributed by atoms with Gasteiger partial charge in [-0.1, -0.05) is 45.1 Å². The molecule has 16 heteroatoms. The van der Waals surface area contributed by atoms with Gasteiger partial charge in [0.15, 0.2) is 11.5 Å². The van der Waals surface area contributed by atoms with Gasteiger partial charge < -0.3 is 20.4 Å². The predicted molar refractivity (Wildman–Crippen MR) is 142 cm³/mol. The van der Waals surface area contributed by atoms with Gasteiger partial charge in [0.2, 0.25) is 0 Å². The number of nitrogens with one attached hydrogen (secondary N) is 1. The quantitative estimate of drug-likeness (QED) is 0.201. The standard InChI is InChI=1S/C22H25N5O.C2HF3O2.CHF3.CH2O2/c1-22(2,3)17-9-7-16(8-10-17)21(28)24-18-15-27-19(23-18)11-12-20(25-27)26-13-5-4-6-14-26;3-2(4,5)1(6)7;2-1(3)4;2-1-3/h4-5,7-12,15H,6,13-14H2,1-3H3,(H,24,28);(H,6,7);1H;1H,(H,2,3). The molecule has 2 aromatic heterocycles. The molecule has 4 rings (SSSR count). The summed E-state index contributed by atoms with van der Waals surface area (Å²) in [7, 11) is 0. The van der Waals surface area contributed by atoms with Gasteiger partial charge in [0, 0.05) is 18.7 Å². The number of imidazole rings is 1. The lowest BCUT2D eigenvalue weighted by Gasteiger charge is -2.23. The lowest BCUT2D eigenvalue weighted by atomic mass is 9.87. The fraction of sp³-hybridized carbons (Fsp3) is 0.346. The maximum absolute atomic E-state index is 12.6. The molecule has 3 heterocycles. The van der Waals surface area contributed by atoms with Crippen LogP contribution in [0.4, 0.5) is 38.0 Å². The third kappa shape index (κ3) is 12.3. The van der Waals surface area contributed by atoms with Crippen molar-refractivity contribution in [2.45, 2.75) is 45.5 Å². The normalized spacial score (nSPS) is 12.7. The summed E-state index contributed by atoms with van der Waals surface area (Å²) in [4.78, 5) is 36.5. The van der Waals surface area contributed by atoms with E-state index in [0.717, 1.165) is 25.3 Å². The average molecular weight is 606 g/mol. The zero-order valence-corrected chi connectivity index (χ0v) is 22.6. The molecule has 0 aliphatic carbocycles. The summed E-state index contributed by atoms with van der Waals surface area (Å²) in [6, 6.07) is 11.6. The van der Waals surface area contributed by atoms with Gasteiger partial charge in [0.25, 0.3) is 12.4 Å². The Balaban J connectivity index is 0.000000528. The van der Waals surface area contributed by atoms with E-state index < -0.39 is 18.8 Å². The second kappa shape index (κ2) is 16.0. The number of carbonyl (C=O) groups excluding carboxylic acids is 1. The Bertz CT molecular complexity index is 1340. The van der Waals surface area contributed by atoms with Crippen LogP contribution in [-0.2, 0) is 15.0 Å². The fourth-order valence-electron chi connectivity index (χ4n) is 3.26. The van der Waals surface area contributed by atoms with Crippen LogP contribution in [-0.4, -0.2) is 69.1 Å². The summed E-state index contributed by atoms with van der Waals surface area (Å²) >= 11 is 0. The maximum Gasteiger partial charge on any atom is 0.490 e. The van der Waals surface area contributed by atoms with Crippen LogP contribution in [0.3, 0.4) is 0 Å². The van der Waals surface area contributed by atoms with E-state index in [1.54, 1.807) is 10.7 Å². The number of hydrogen-bond acceptors (Lipinski definition) is 6. The molecule has 1 aliphatic heterocycles. The molecule has 0 radical (unpaired) electrons. The molecule has 1 aromatic carbocycles. The SMILES string of the molecule is CC(C)(C)c1ccc(C(=O)Nc2cn3nc(N4CC=CCC4)ccc3n2)cc1.FC(F)F.O=C(O)C(F)(F)F.O=CO. The molecule has 0 atom stereocenters. The summed E-state index contributed by atoms with van der Waals surface area (Å²) in [5.41, 5.74) is 2.57. The number of amides is 1. The number of fused-ring (bicyclic) bond motifs is 1. The van der Waals surface area contributed by atoms with Crippen LogP contribution < -0.4 is 10.2 Å². The molecule has 42 heavy (non-hydrogen) atoms. The van der Waals surface area contributed by atoms with Crippen molar-refractivity contribution in [2.75, 3.05) is 23.3 Å². The molecular weight excluding hydrogens is 576 g/mol. The summed E-state index contributed by atoms with van der Waals surface area (Å²) in [5, 5.41) is 21.5. The number of benzene rings is 1. The van der Waals surface area contributed by atoms with Crippen LogP contribution in [0.2, 0.25) is 0 Å². The van der Waals surface area contributed by atoms with Gasteiger partial charge in [-0.05, 0) is 41.7 Å². The van der Waals surface area contributed by atoms with Crippen molar-refractivity contribution in [1.29, 1.82) is 0 Å². The number of halogens is 6. The lowest BCUT2D eigenvalue weighted by Crippen LogP contribution is -2.28. The van der Waals surface area contributed by atoms with Gasteiger partial charge >= 0.3 is 18.8 Å². The first-order chi connectivity index (χ1) is 19.5.